The third-order valence-corrected chi connectivity index (χ3v) is 6.20. The first-order valence-electron chi connectivity index (χ1n) is 9.27. The van der Waals surface area contributed by atoms with Crippen LogP contribution in [0.4, 0.5) is 11.5 Å². The lowest BCUT2D eigenvalue weighted by atomic mass is 10.0. The molecule has 0 bridgehead atoms. The predicted molar refractivity (Wildman–Crippen MR) is 111 cm³/mol. The van der Waals surface area contributed by atoms with E-state index in [1.54, 1.807) is 13.0 Å². The molecule has 1 amide bonds. The van der Waals surface area contributed by atoms with Crippen molar-refractivity contribution < 1.29 is 13.2 Å². The molecular weight excluding hydrogens is 376 g/mol. The van der Waals surface area contributed by atoms with E-state index in [9.17, 15) is 13.2 Å². The lowest BCUT2D eigenvalue weighted by molar-refractivity contribution is -0.117. The van der Waals surface area contributed by atoms with Gasteiger partial charge in [-0.3, -0.25) is 9.52 Å². The Bertz CT molecular complexity index is 1160. The van der Waals surface area contributed by atoms with Gasteiger partial charge in [-0.15, -0.1) is 0 Å². The van der Waals surface area contributed by atoms with Gasteiger partial charge in [0, 0.05) is 17.5 Å². The number of pyridine rings is 1. The van der Waals surface area contributed by atoms with Gasteiger partial charge < -0.3 is 10.3 Å². The highest BCUT2D eigenvalue weighted by molar-refractivity contribution is 7.92. The van der Waals surface area contributed by atoms with Crippen LogP contribution in [-0.4, -0.2) is 30.0 Å². The molecule has 4 rings (SSSR count). The standard InChI is InChI=1S/C20H22N4O3S/c1-3-28(26,27)24-17-7-6-14(10-12(17)2)16-11-18(23-20(25)13-4-5-13)22-19-15(16)8-9-21-19/h6-11,13,24H,3-5H2,1-2H3,(H2,21,22,23,25). The van der Waals surface area contributed by atoms with Crippen LogP contribution in [0.15, 0.2) is 36.5 Å². The van der Waals surface area contributed by atoms with Crippen molar-refractivity contribution >= 4 is 38.5 Å². The Morgan fingerprint density at radius 2 is 2.04 bits per heavy atom. The number of aromatic nitrogens is 2. The van der Waals surface area contributed by atoms with E-state index in [2.05, 4.69) is 20.0 Å². The number of rotatable bonds is 6. The fraction of sp³-hybridized carbons (Fsp3) is 0.300. The molecule has 3 N–H and O–H groups in total. The zero-order valence-electron chi connectivity index (χ0n) is 15.7. The maximum atomic E-state index is 12.1. The van der Waals surface area contributed by atoms with Crippen molar-refractivity contribution in [2.24, 2.45) is 5.92 Å². The van der Waals surface area contributed by atoms with Crippen LogP contribution >= 0.6 is 0 Å². The number of hydrogen-bond donors (Lipinski definition) is 3. The lowest BCUT2D eigenvalue weighted by Gasteiger charge is -2.13. The van der Waals surface area contributed by atoms with Gasteiger partial charge >= 0.3 is 0 Å². The molecular formula is C20H22N4O3S. The number of anilines is 2. The number of nitrogens with zero attached hydrogens (tertiary/aromatic N) is 1. The molecule has 2 aromatic heterocycles. The summed E-state index contributed by atoms with van der Waals surface area (Å²) < 4.78 is 26.3. The first kappa shape index (κ1) is 18.5. The number of hydrogen-bond acceptors (Lipinski definition) is 4. The van der Waals surface area contributed by atoms with E-state index >= 15 is 0 Å². The largest absolute Gasteiger partial charge is 0.346 e. The molecule has 1 aromatic carbocycles. The van der Waals surface area contributed by atoms with Crippen molar-refractivity contribution in [2.75, 3.05) is 15.8 Å². The van der Waals surface area contributed by atoms with Gasteiger partial charge in [0.15, 0.2) is 0 Å². The zero-order valence-corrected chi connectivity index (χ0v) is 16.6. The van der Waals surface area contributed by atoms with E-state index in [0.717, 1.165) is 34.9 Å². The second kappa shape index (κ2) is 6.94. The number of H-pyrrole nitrogens is 1. The highest BCUT2D eigenvalue weighted by Crippen LogP contribution is 2.34. The molecule has 0 saturated heterocycles. The Hall–Kier alpha value is -2.87. The Morgan fingerprint density at radius 3 is 2.71 bits per heavy atom. The summed E-state index contributed by atoms with van der Waals surface area (Å²) in [5.74, 6) is 0.630. The van der Waals surface area contributed by atoms with Crippen LogP contribution in [0.2, 0.25) is 0 Å². The molecule has 1 aliphatic carbocycles. The average Bonchev–Trinajstić information content (AvgIpc) is 3.41. The van der Waals surface area contributed by atoms with Gasteiger partial charge in [0.05, 0.1) is 11.4 Å². The second-order valence-electron chi connectivity index (χ2n) is 7.09. The number of aromatic amines is 1. The molecule has 146 valence electrons. The molecule has 8 heteroatoms. The van der Waals surface area contributed by atoms with Crippen LogP contribution in [0.5, 0.6) is 0 Å². The maximum absolute atomic E-state index is 12.1. The third kappa shape index (κ3) is 3.73. The Morgan fingerprint density at radius 1 is 1.25 bits per heavy atom. The zero-order chi connectivity index (χ0) is 19.9. The number of nitrogens with one attached hydrogen (secondary N) is 3. The first-order chi connectivity index (χ1) is 13.4. The monoisotopic (exact) mass is 398 g/mol. The number of benzene rings is 1. The number of sulfonamides is 1. The summed E-state index contributed by atoms with van der Waals surface area (Å²) in [6, 6.07) is 9.37. The molecule has 0 unspecified atom stereocenters. The van der Waals surface area contributed by atoms with Gasteiger partial charge in [0.25, 0.3) is 0 Å². The van der Waals surface area contributed by atoms with Crippen molar-refractivity contribution in [2.45, 2.75) is 26.7 Å². The Kier molecular flexibility index (Phi) is 4.58. The van der Waals surface area contributed by atoms with E-state index in [1.807, 2.05) is 37.4 Å². The maximum Gasteiger partial charge on any atom is 0.232 e. The molecule has 0 spiro atoms. The van der Waals surface area contributed by atoms with Crippen LogP contribution in [-0.2, 0) is 14.8 Å². The van der Waals surface area contributed by atoms with Gasteiger partial charge in [-0.05, 0) is 67.6 Å². The first-order valence-corrected chi connectivity index (χ1v) is 10.9. The second-order valence-corrected chi connectivity index (χ2v) is 9.10. The molecule has 1 saturated carbocycles. The predicted octanol–water partition coefficient (Wildman–Crippen LogP) is 3.65. The fourth-order valence-electron chi connectivity index (χ4n) is 3.10. The Balaban J connectivity index is 1.72. The summed E-state index contributed by atoms with van der Waals surface area (Å²) in [5.41, 5.74) is 3.92. The Labute approximate surface area is 163 Å². The van der Waals surface area contributed by atoms with Crippen molar-refractivity contribution in [3.8, 4) is 11.1 Å². The van der Waals surface area contributed by atoms with Crippen LogP contribution in [0, 0.1) is 12.8 Å². The molecule has 1 aliphatic rings. The van der Waals surface area contributed by atoms with Crippen LogP contribution in [0.25, 0.3) is 22.2 Å². The van der Waals surface area contributed by atoms with E-state index in [0.29, 0.717) is 17.2 Å². The number of aryl methyl sites for hydroxylation is 1. The van der Waals surface area contributed by atoms with Gasteiger partial charge in [-0.25, -0.2) is 13.4 Å². The third-order valence-electron chi connectivity index (χ3n) is 4.91. The van der Waals surface area contributed by atoms with Crippen molar-refractivity contribution in [3.63, 3.8) is 0 Å². The molecule has 28 heavy (non-hydrogen) atoms. The van der Waals surface area contributed by atoms with Gasteiger partial charge in [-0.1, -0.05) is 6.07 Å². The van der Waals surface area contributed by atoms with E-state index < -0.39 is 10.0 Å². The van der Waals surface area contributed by atoms with Crippen molar-refractivity contribution in [1.82, 2.24) is 9.97 Å². The lowest BCUT2D eigenvalue weighted by Crippen LogP contribution is -2.15. The minimum Gasteiger partial charge on any atom is -0.346 e. The number of carbonyl (C=O) groups excluding carboxylic acids is 1. The number of carbonyl (C=O) groups is 1. The molecule has 3 aromatic rings. The summed E-state index contributed by atoms with van der Waals surface area (Å²) in [6.07, 6.45) is 3.67. The SMILES string of the molecule is CCS(=O)(=O)Nc1ccc(-c2cc(NC(=O)C3CC3)nc3[nH]ccc23)cc1C. The van der Waals surface area contributed by atoms with E-state index in [-0.39, 0.29) is 17.6 Å². The minimum absolute atomic E-state index is 0.00450. The summed E-state index contributed by atoms with van der Waals surface area (Å²) >= 11 is 0. The molecule has 2 heterocycles. The van der Waals surface area contributed by atoms with Crippen molar-refractivity contribution in [1.29, 1.82) is 0 Å². The molecule has 1 fully saturated rings. The summed E-state index contributed by atoms with van der Waals surface area (Å²) in [7, 11) is -3.33. The normalized spacial score (nSPS) is 14.2. The van der Waals surface area contributed by atoms with Crippen LogP contribution < -0.4 is 10.0 Å². The fourth-order valence-corrected chi connectivity index (χ4v) is 3.81. The number of fused-ring (bicyclic) bond motifs is 1. The molecule has 0 radical (unpaired) electrons. The summed E-state index contributed by atoms with van der Waals surface area (Å²) in [5, 5.41) is 3.83. The highest BCUT2D eigenvalue weighted by atomic mass is 32.2. The van der Waals surface area contributed by atoms with Crippen LogP contribution in [0.3, 0.4) is 0 Å². The minimum atomic E-state index is -3.33. The van der Waals surface area contributed by atoms with Crippen LogP contribution in [0.1, 0.15) is 25.3 Å². The van der Waals surface area contributed by atoms with Gasteiger partial charge in [0.1, 0.15) is 11.5 Å². The average molecular weight is 398 g/mol. The molecule has 0 aliphatic heterocycles. The van der Waals surface area contributed by atoms with E-state index in [4.69, 9.17) is 0 Å². The smallest absolute Gasteiger partial charge is 0.232 e. The quantitative estimate of drug-likeness (QED) is 0.589. The van der Waals surface area contributed by atoms with Gasteiger partial charge in [-0.2, -0.15) is 0 Å². The van der Waals surface area contributed by atoms with E-state index in [1.165, 1.54) is 0 Å². The number of amides is 1. The van der Waals surface area contributed by atoms with Crippen molar-refractivity contribution in [3.05, 3.63) is 42.1 Å². The topological polar surface area (TPSA) is 104 Å². The summed E-state index contributed by atoms with van der Waals surface area (Å²) in [6.45, 7) is 3.46. The molecule has 7 nitrogen and oxygen atoms in total. The highest BCUT2D eigenvalue weighted by Gasteiger charge is 2.30. The van der Waals surface area contributed by atoms with Gasteiger partial charge in [0.2, 0.25) is 15.9 Å². The molecule has 0 atom stereocenters. The summed E-state index contributed by atoms with van der Waals surface area (Å²) in [4.78, 5) is 19.7.